The highest BCUT2D eigenvalue weighted by molar-refractivity contribution is 5.92. The highest BCUT2D eigenvalue weighted by atomic mass is 17.2. The summed E-state index contributed by atoms with van der Waals surface area (Å²) >= 11 is 0. The molecule has 1 atom stereocenters. The molecule has 0 aliphatic rings. The van der Waals surface area contributed by atoms with Gasteiger partial charge in [-0.15, -0.1) is 0 Å². The van der Waals surface area contributed by atoms with E-state index in [0.717, 1.165) is 19.3 Å². The zero-order valence-corrected chi connectivity index (χ0v) is 18.8. The highest BCUT2D eigenvalue weighted by Gasteiger charge is 2.20. The quantitative estimate of drug-likeness (QED) is 0.240. The van der Waals surface area contributed by atoms with E-state index in [2.05, 4.69) is 10.3 Å². The molecule has 174 valence electrons. The first kappa shape index (κ1) is 24.8. The number of hydrogen-bond acceptors (Lipinski definition) is 8. The summed E-state index contributed by atoms with van der Waals surface area (Å²) in [6.45, 7) is 7.64. The molecule has 0 saturated heterocycles. The van der Waals surface area contributed by atoms with Crippen LogP contribution in [0.5, 0.6) is 5.75 Å². The third-order valence-corrected chi connectivity index (χ3v) is 4.50. The number of nitro groups is 1. The Morgan fingerprint density at radius 3 is 2.62 bits per heavy atom. The maximum Gasteiger partial charge on any atom is 0.407 e. The third kappa shape index (κ3) is 7.68. The van der Waals surface area contributed by atoms with Crippen molar-refractivity contribution in [2.75, 3.05) is 6.54 Å². The van der Waals surface area contributed by atoms with E-state index in [0.29, 0.717) is 18.4 Å². The number of aromatic nitrogens is 1. The van der Waals surface area contributed by atoms with Crippen molar-refractivity contribution in [2.45, 2.75) is 59.0 Å². The lowest BCUT2D eigenvalue weighted by Gasteiger charge is -2.19. The predicted molar refractivity (Wildman–Crippen MR) is 117 cm³/mol. The van der Waals surface area contributed by atoms with Crippen molar-refractivity contribution in [3.63, 3.8) is 0 Å². The van der Waals surface area contributed by atoms with Gasteiger partial charge in [0.15, 0.2) is 0 Å². The fraction of sp³-hybridized carbons (Fsp3) is 0.500. The van der Waals surface area contributed by atoms with Gasteiger partial charge in [-0.05, 0) is 51.8 Å². The number of carbonyl (C=O) groups is 2. The number of pyridine rings is 1. The first-order chi connectivity index (χ1) is 15.1. The number of non-ortho nitro benzene ring substituents is 1. The third-order valence-electron chi connectivity index (χ3n) is 4.50. The lowest BCUT2D eigenvalue weighted by molar-refractivity contribution is -0.383. The van der Waals surface area contributed by atoms with Gasteiger partial charge in [-0.25, -0.2) is 9.59 Å². The molecule has 0 radical (unpaired) electrons. The Morgan fingerprint density at radius 1 is 1.19 bits per heavy atom. The molecule has 0 aliphatic heterocycles. The second-order valence-electron chi connectivity index (χ2n) is 8.40. The molecule has 1 aromatic heterocycles. The van der Waals surface area contributed by atoms with Gasteiger partial charge >= 0.3 is 12.1 Å². The number of rotatable bonds is 10. The van der Waals surface area contributed by atoms with E-state index in [1.807, 2.05) is 0 Å². The molecular weight excluding hydrogens is 418 g/mol. The molecule has 10 nitrogen and oxygen atoms in total. The highest BCUT2D eigenvalue weighted by Crippen LogP contribution is 2.31. The van der Waals surface area contributed by atoms with Gasteiger partial charge in [-0.3, -0.25) is 24.9 Å². The minimum absolute atomic E-state index is 0.110. The zero-order chi connectivity index (χ0) is 23.7. The van der Waals surface area contributed by atoms with Crippen molar-refractivity contribution >= 4 is 28.7 Å². The summed E-state index contributed by atoms with van der Waals surface area (Å²) in [5.41, 5.74) is -0.403. The van der Waals surface area contributed by atoms with Crippen LogP contribution in [0.25, 0.3) is 10.9 Å². The molecule has 0 saturated carbocycles. The Kier molecular flexibility index (Phi) is 8.74. The molecule has 1 amide bonds. The average Bonchev–Trinajstić information content (AvgIpc) is 2.72. The lowest BCUT2D eigenvalue weighted by Crippen LogP contribution is -2.33. The molecule has 2 aromatic rings. The van der Waals surface area contributed by atoms with Crippen molar-refractivity contribution in [3.05, 3.63) is 40.6 Å². The lowest BCUT2D eigenvalue weighted by atomic mass is 10.0. The number of carbonyl (C=O) groups excluding carboxylic acids is 2. The molecule has 1 unspecified atom stereocenters. The number of benzene rings is 1. The van der Waals surface area contributed by atoms with E-state index >= 15 is 0 Å². The van der Waals surface area contributed by atoms with Crippen LogP contribution >= 0.6 is 0 Å². The van der Waals surface area contributed by atoms with Gasteiger partial charge in [0.05, 0.1) is 16.2 Å². The molecular formula is C22H29N3O7. The van der Waals surface area contributed by atoms with Gasteiger partial charge in [0, 0.05) is 18.8 Å². The van der Waals surface area contributed by atoms with Gasteiger partial charge in [0.1, 0.15) is 11.1 Å². The van der Waals surface area contributed by atoms with Crippen molar-refractivity contribution in [1.82, 2.24) is 10.3 Å². The average molecular weight is 447 g/mol. The number of fused-ring (bicyclic) bond motifs is 1. The number of unbranched alkanes of at least 4 members (excludes halogenated alkanes) is 2. The van der Waals surface area contributed by atoms with Crippen molar-refractivity contribution in [1.29, 1.82) is 0 Å². The van der Waals surface area contributed by atoms with Crippen LogP contribution in [0.1, 0.15) is 53.4 Å². The molecule has 0 aliphatic carbocycles. The topological polar surface area (TPSA) is 130 Å². The van der Waals surface area contributed by atoms with Crippen LogP contribution in [0.3, 0.4) is 0 Å². The summed E-state index contributed by atoms with van der Waals surface area (Å²) in [5, 5.41) is 14.1. The first-order valence-corrected chi connectivity index (χ1v) is 10.5. The summed E-state index contributed by atoms with van der Waals surface area (Å²) in [6, 6.07) is 5.76. The summed E-state index contributed by atoms with van der Waals surface area (Å²) in [5.74, 6) is -0.814. The molecule has 0 fully saturated rings. The van der Waals surface area contributed by atoms with Gasteiger partial charge in [-0.1, -0.05) is 19.8 Å². The summed E-state index contributed by atoms with van der Waals surface area (Å²) in [6.07, 6.45) is 3.98. The number of hydrogen-bond donors (Lipinski definition) is 1. The standard InChI is InChI=1S/C22H29N3O7/c1-15(9-6-5-7-13-24-21(27)30-22(2,3)4)20(26)32-31-18-12-11-17(25(28)29)16-10-8-14-23-19(16)18/h8,10-12,14-15H,5-7,9,13H2,1-4H3,(H,24,27). The molecule has 0 bridgehead atoms. The SMILES string of the molecule is CC(CCCCCNC(=O)OC(C)(C)C)C(=O)OOc1ccc([N+](=O)[O-])c2cccnc12. The Balaban J connectivity index is 1.74. The number of nitrogens with one attached hydrogen (secondary N) is 1. The van der Waals surface area contributed by atoms with Crippen molar-refractivity contribution in [3.8, 4) is 5.75 Å². The second-order valence-corrected chi connectivity index (χ2v) is 8.40. The minimum Gasteiger partial charge on any atom is -0.444 e. The number of alkyl carbamates (subject to hydrolysis) is 1. The van der Waals surface area contributed by atoms with Crippen LogP contribution in [-0.4, -0.2) is 34.1 Å². The zero-order valence-electron chi connectivity index (χ0n) is 18.8. The van der Waals surface area contributed by atoms with E-state index in [9.17, 15) is 19.7 Å². The van der Waals surface area contributed by atoms with Crippen LogP contribution < -0.4 is 10.2 Å². The van der Waals surface area contributed by atoms with Crippen LogP contribution in [0, 0.1) is 16.0 Å². The Hall–Kier alpha value is -3.43. The maximum atomic E-state index is 12.2. The number of ether oxygens (including phenoxy) is 1. The van der Waals surface area contributed by atoms with E-state index in [-0.39, 0.29) is 17.0 Å². The Morgan fingerprint density at radius 2 is 1.94 bits per heavy atom. The largest absolute Gasteiger partial charge is 0.444 e. The molecule has 1 aromatic carbocycles. The van der Waals surface area contributed by atoms with E-state index in [4.69, 9.17) is 14.5 Å². The molecule has 2 rings (SSSR count). The van der Waals surface area contributed by atoms with Gasteiger partial charge in [0.2, 0.25) is 5.75 Å². The normalized spacial score (nSPS) is 12.1. The molecule has 1 N–H and O–H groups in total. The Bertz CT molecular complexity index is 956. The van der Waals surface area contributed by atoms with E-state index in [1.165, 1.54) is 18.3 Å². The van der Waals surface area contributed by atoms with Gasteiger partial charge in [0.25, 0.3) is 5.69 Å². The molecule has 10 heteroatoms. The summed E-state index contributed by atoms with van der Waals surface area (Å²) in [7, 11) is 0. The van der Waals surface area contributed by atoms with Crippen LogP contribution in [-0.2, 0) is 14.4 Å². The minimum atomic E-state index is -0.542. The summed E-state index contributed by atoms with van der Waals surface area (Å²) < 4.78 is 5.16. The molecule has 0 spiro atoms. The number of amides is 1. The molecule has 32 heavy (non-hydrogen) atoms. The Labute approximate surface area is 186 Å². The first-order valence-electron chi connectivity index (χ1n) is 10.5. The van der Waals surface area contributed by atoms with Gasteiger partial charge in [-0.2, -0.15) is 0 Å². The fourth-order valence-electron chi connectivity index (χ4n) is 2.90. The fourth-order valence-corrected chi connectivity index (χ4v) is 2.90. The van der Waals surface area contributed by atoms with Gasteiger partial charge < -0.3 is 10.1 Å². The van der Waals surface area contributed by atoms with E-state index in [1.54, 1.807) is 39.8 Å². The number of nitro benzene ring substituents is 1. The van der Waals surface area contributed by atoms with Crippen LogP contribution in [0.2, 0.25) is 0 Å². The monoisotopic (exact) mass is 447 g/mol. The smallest absolute Gasteiger partial charge is 0.407 e. The second kappa shape index (κ2) is 11.3. The van der Waals surface area contributed by atoms with Crippen LogP contribution in [0.4, 0.5) is 10.5 Å². The van der Waals surface area contributed by atoms with E-state index < -0.39 is 28.5 Å². The maximum absolute atomic E-state index is 12.2. The molecule has 1 heterocycles. The predicted octanol–water partition coefficient (Wildman–Crippen LogP) is 4.70. The van der Waals surface area contributed by atoms with Crippen molar-refractivity contribution < 1.29 is 29.0 Å². The summed E-state index contributed by atoms with van der Waals surface area (Å²) in [4.78, 5) is 48.6. The van der Waals surface area contributed by atoms with Crippen LogP contribution in [0.15, 0.2) is 30.5 Å². The van der Waals surface area contributed by atoms with Crippen molar-refractivity contribution in [2.24, 2.45) is 5.92 Å². The number of nitrogens with zero attached hydrogens (tertiary/aromatic N) is 2.